The first-order valence-corrected chi connectivity index (χ1v) is 7.04. The Bertz CT molecular complexity index is 582. The van der Waals surface area contributed by atoms with Gasteiger partial charge in [-0.15, -0.1) is 0 Å². The monoisotopic (exact) mass is 304 g/mol. The van der Waals surface area contributed by atoms with E-state index in [2.05, 4.69) is 20.8 Å². The number of rotatable bonds is 6. The van der Waals surface area contributed by atoms with Crippen molar-refractivity contribution in [3.05, 3.63) is 35.4 Å². The molecule has 0 saturated carbocycles. The van der Waals surface area contributed by atoms with E-state index in [1.807, 2.05) is 38.1 Å². The van der Waals surface area contributed by atoms with Crippen LogP contribution in [0.5, 0.6) is 0 Å². The second-order valence-electron chi connectivity index (χ2n) is 4.78. The molecule has 0 radical (unpaired) electrons. The summed E-state index contributed by atoms with van der Waals surface area (Å²) >= 11 is 0. The first kappa shape index (κ1) is 16.0. The van der Waals surface area contributed by atoms with E-state index >= 15 is 0 Å². The van der Waals surface area contributed by atoms with Crippen molar-refractivity contribution in [2.24, 2.45) is 15.3 Å². The summed E-state index contributed by atoms with van der Waals surface area (Å²) in [6.45, 7) is 4.92. The molecule has 0 fully saturated rings. The molecule has 1 aromatic carbocycles. The molecule has 2 rings (SSSR count). The fourth-order valence-electron chi connectivity index (χ4n) is 1.82. The quantitative estimate of drug-likeness (QED) is 0.641. The molecule has 0 unspecified atom stereocenters. The predicted octanol–water partition coefficient (Wildman–Crippen LogP) is 1.73. The summed E-state index contributed by atoms with van der Waals surface area (Å²) in [4.78, 5) is 19.7. The van der Waals surface area contributed by atoms with Crippen LogP contribution in [-0.2, 0) is 14.5 Å². The number of amidine groups is 1. The lowest BCUT2D eigenvalue weighted by Crippen LogP contribution is -2.37. The molecule has 7 nitrogen and oxygen atoms in total. The van der Waals surface area contributed by atoms with Crippen LogP contribution in [0.4, 0.5) is 0 Å². The minimum Gasteiger partial charge on any atom is -0.399 e. The summed E-state index contributed by atoms with van der Waals surface area (Å²) in [7, 11) is 1.49. The lowest BCUT2D eigenvalue weighted by atomic mass is 10.0. The second kappa shape index (κ2) is 8.14. The molecule has 0 spiro atoms. The van der Waals surface area contributed by atoms with Gasteiger partial charge in [-0.2, -0.15) is 0 Å². The van der Waals surface area contributed by atoms with Gasteiger partial charge in [0.15, 0.2) is 11.5 Å². The van der Waals surface area contributed by atoms with Crippen molar-refractivity contribution >= 4 is 17.8 Å². The molecule has 118 valence electrons. The van der Waals surface area contributed by atoms with Gasteiger partial charge in [0.05, 0.1) is 19.4 Å². The molecule has 0 aromatic heterocycles. The summed E-state index contributed by atoms with van der Waals surface area (Å²) in [5.41, 5.74) is 4.98. The number of nitrogens with one attached hydrogen (secondary N) is 1. The molecule has 0 amide bonds. The average Bonchev–Trinajstić information content (AvgIpc) is 2.54. The third-order valence-corrected chi connectivity index (χ3v) is 2.72. The largest absolute Gasteiger partial charge is 0.399 e. The number of hydrogen-bond acceptors (Lipinski definition) is 7. The zero-order valence-corrected chi connectivity index (χ0v) is 12.9. The Morgan fingerprint density at radius 3 is 2.91 bits per heavy atom. The van der Waals surface area contributed by atoms with Crippen LogP contribution in [0.1, 0.15) is 25.0 Å². The first-order chi connectivity index (χ1) is 10.7. The highest BCUT2D eigenvalue weighted by Crippen LogP contribution is 2.11. The molecule has 7 heteroatoms. The van der Waals surface area contributed by atoms with Crippen molar-refractivity contribution in [2.45, 2.75) is 20.0 Å². The maximum atomic E-state index is 5.21. The van der Waals surface area contributed by atoms with Gasteiger partial charge in [-0.05, 0) is 13.8 Å². The van der Waals surface area contributed by atoms with Crippen LogP contribution in [0.15, 0.2) is 39.6 Å². The van der Waals surface area contributed by atoms with Gasteiger partial charge >= 0.3 is 0 Å². The maximum Gasteiger partial charge on any atom is 0.175 e. The topological polar surface area (TPSA) is 76.8 Å². The summed E-state index contributed by atoms with van der Waals surface area (Å²) < 4.78 is 0. The van der Waals surface area contributed by atoms with E-state index in [1.54, 1.807) is 6.21 Å². The molecule has 0 atom stereocenters. The van der Waals surface area contributed by atoms with Gasteiger partial charge in [0.2, 0.25) is 0 Å². The average molecular weight is 304 g/mol. The van der Waals surface area contributed by atoms with Gasteiger partial charge in [-0.1, -0.05) is 34.6 Å². The van der Waals surface area contributed by atoms with Crippen molar-refractivity contribution in [1.82, 2.24) is 5.48 Å². The first-order valence-electron chi connectivity index (χ1n) is 7.04. The lowest BCUT2D eigenvalue weighted by molar-refractivity contribution is 0.0836. The number of aliphatic imine (C=N–C) groups is 1. The van der Waals surface area contributed by atoms with Crippen molar-refractivity contribution in [3.8, 4) is 0 Å². The minimum atomic E-state index is 0.0216. The molecular weight excluding hydrogens is 284 g/mol. The van der Waals surface area contributed by atoms with Crippen LogP contribution in [0.25, 0.3) is 0 Å². The Kier molecular flexibility index (Phi) is 5.91. The summed E-state index contributed by atoms with van der Waals surface area (Å²) in [5.74, 6) is 0.527. The van der Waals surface area contributed by atoms with Gasteiger partial charge in [0.25, 0.3) is 0 Å². The number of nitrogens with zero attached hydrogens (tertiary/aromatic N) is 3. The summed E-state index contributed by atoms with van der Waals surface area (Å²) in [5, 5.41) is 8.04. The molecule has 1 aliphatic rings. The Hall–Kier alpha value is -2.41. The van der Waals surface area contributed by atoms with Crippen molar-refractivity contribution in [3.63, 3.8) is 0 Å². The van der Waals surface area contributed by atoms with Crippen LogP contribution in [0, 0.1) is 0 Å². The van der Waals surface area contributed by atoms with Crippen LogP contribution < -0.4 is 5.48 Å². The van der Waals surface area contributed by atoms with Crippen molar-refractivity contribution < 1.29 is 14.5 Å². The normalized spacial score (nSPS) is 15.6. The second-order valence-corrected chi connectivity index (χ2v) is 4.78. The highest BCUT2D eigenvalue weighted by atomic mass is 16.6. The smallest absolute Gasteiger partial charge is 0.175 e. The van der Waals surface area contributed by atoms with Gasteiger partial charge in [0, 0.05) is 11.1 Å². The SMILES string of the molecule is CO/N=C(/C1=NCCON1)c1ccccc1/C=N/OC(C)C. The van der Waals surface area contributed by atoms with E-state index in [1.165, 1.54) is 7.11 Å². The number of oxime groups is 2. The van der Waals surface area contributed by atoms with Gasteiger partial charge < -0.3 is 9.68 Å². The molecule has 1 aromatic rings. The molecule has 22 heavy (non-hydrogen) atoms. The summed E-state index contributed by atoms with van der Waals surface area (Å²) in [6, 6.07) is 7.65. The predicted molar refractivity (Wildman–Crippen MR) is 85.2 cm³/mol. The maximum absolute atomic E-state index is 5.21. The third-order valence-electron chi connectivity index (χ3n) is 2.72. The zero-order valence-electron chi connectivity index (χ0n) is 12.9. The van der Waals surface area contributed by atoms with Crippen molar-refractivity contribution in [2.75, 3.05) is 20.3 Å². The lowest BCUT2D eigenvalue weighted by Gasteiger charge is -2.16. The molecule has 0 aliphatic carbocycles. The zero-order chi connectivity index (χ0) is 15.8. The minimum absolute atomic E-state index is 0.0216. The van der Waals surface area contributed by atoms with E-state index in [-0.39, 0.29) is 6.10 Å². The van der Waals surface area contributed by atoms with E-state index < -0.39 is 0 Å². The third kappa shape index (κ3) is 4.29. The molecule has 1 heterocycles. The molecule has 1 aliphatic heterocycles. The van der Waals surface area contributed by atoms with Crippen LogP contribution in [0.3, 0.4) is 0 Å². The Balaban J connectivity index is 2.34. The van der Waals surface area contributed by atoms with Gasteiger partial charge in [-0.25, -0.2) is 5.48 Å². The van der Waals surface area contributed by atoms with E-state index in [0.29, 0.717) is 24.7 Å². The number of hydroxylamine groups is 1. The standard InChI is InChI=1S/C15H20N4O3/c1-11(2)22-17-10-12-6-4-5-7-13(12)14(18-20-3)15-16-8-9-21-19-15/h4-7,10-11H,8-9H2,1-3H3,(H,16,19)/b17-10+,18-14+. The van der Waals surface area contributed by atoms with Gasteiger partial charge in [-0.3, -0.25) is 9.83 Å². The molecular formula is C15H20N4O3. The van der Waals surface area contributed by atoms with E-state index in [9.17, 15) is 0 Å². The molecule has 0 bridgehead atoms. The fraction of sp³-hybridized carbons (Fsp3) is 0.400. The van der Waals surface area contributed by atoms with E-state index in [4.69, 9.17) is 14.5 Å². The van der Waals surface area contributed by atoms with Crippen molar-refractivity contribution in [1.29, 1.82) is 0 Å². The Morgan fingerprint density at radius 2 is 2.23 bits per heavy atom. The van der Waals surface area contributed by atoms with Gasteiger partial charge in [0.1, 0.15) is 13.2 Å². The molecule has 0 saturated heterocycles. The summed E-state index contributed by atoms with van der Waals surface area (Å²) in [6.07, 6.45) is 1.67. The van der Waals surface area contributed by atoms with Crippen LogP contribution in [0.2, 0.25) is 0 Å². The fourth-order valence-corrected chi connectivity index (χ4v) is 1.82. The highest BCUT2D eigenvalue weighted by Gasteiger charge is 2.18. The Morgan fingerprint density at radius 1 is 1.41 bits per heavy atom. The van der Waals surface area contributed by atoms with Crippen LogP contribution in [-0.4, -0.2) is 44.1 Å². The van der Waals surface area contributed by atoms with E-state index in [0.717, 1.165) is 11.1 Å². The molecule has 1 N–H and O–H groups in total. The number of benzene rings is 1. The number of hydrogen-bond donors (Lipinski definition) is 1. The van der Waals surface area contributed by atoms with Crippen LogP contribution >= 0.6 is 0 Å². The Labute approximate surface area is 129 Å². The highest BCUT2D eigenvalue weighted by molar-refractivity contribution is 6.48.